The number of benzene rings is 1. The van der Waals surface area contributed by atoms with Gasteiger partial charge in [0.05, 0.1) is 0 Å². The predicted molar refractivity (Wildman–Crippen MR) is 105 cm³/mol. The molecule has 2 aromatic rings. The largest absolute Gasteiger partial charge is 0.324 e. The van der Waals surface area contributed by atoms with Crippen molar-refractivity contribution in [1.29, 1.82) is 0 Å². The van der Waals surface area contributed by atoms with Gasteiger partial charge in [0.15, 0.2) is 0 Å². The number of likely N-dealkylation sites (tertiary alicyclic amines) is 1. The number of urea groups is 1. The Morgan fingerprint density at radius 1 is 1.22 bits per heavy atom. The summed E-state index contributed by atoms with van der Waals surface area (Å²) >= 11 is 5.99. The molecule has 8 heteroatoms. The van der Waals surface area contributed by atoms with Gasteiger partial charge >= 0.3 is 6.03 Å². The summed E-state index contributed by atoms with van der Waals surface area (Å²) in [6.45, 7) is 6.28. The Hall–Kier alpha value is -2.12. The normalized spacial score (nSPS) is 20.4. The van der Waals surface area contributed by atoms with Crippen LogP contribution in [0.15, 0.2) is 18.2 Å². The number of fused-ring (bicyclic) bond motifs is 1. The number of hydrogen-bond acceptors (Lipinski definition) is 4. The zero-order valence-electron chi connectivity index (χ0n) is 15.8. The van der Waals surface area contributed by atoms with Gasteiger partial charge in [-0.25, -0.2) is 4.79 Å². The van der Waals surface area contributed by atoms with Crippen molar-refractivity contribution in [2.24, 2.45) is 0 Å². The number of aromatic nitrogens is 3. The maximum atomic E-state index is 12.7. The van der Waals surface area contributed by atoms with Crippen LogP contribution in [0.25, 0.3) is 0 Å². The first-order valence-corrected chi connectivity index (χ1v) is 9.81. The summed E-state index contributed by atoms with van der Waals surface area (Å²) in [5.41, 5.74) is 1.76. The fraction of sp³-hybridized carbons (Fsp3) is 0.526. The Morgan fingerprint density at radius 2 is 2.07 bits per heavy atom. The fourth-order valence-corrected chi connectivity index (χ4v) is 4.10. The summed E-state index contributed by atoms with van der Waals surface area (Å²) in [6.07, 6.45) is 1.84. The van der Waals surface area contributed by atoms with Gasteiger partial charge in [0.1, 0.15) is 11.6 Å². The van der Waals surface area contributed by atoms with Crippen molar-refractivity contribution in [2.45, 2.75) is 32.2 Å². The SMILES string of the molecule is Cc1cc(Cl)ccc1NC(=O)N1CC[C@H](c2nnc3n2CCN(C)CC3)C1. The third-order valence-electron chi connectivity index (χ3n) is 5.55. The molecule has 1 aromatic heterocycles. The van der Waals surface area contributed by atoms with Crippen LogP contribution in [0.2, 0.25) is 5.02 Å². The average Bonchev–Trinajstić information content (AvgIpc) is 3.23. The highest BCUT2D eigenvalue weighted by Crippen LogP contribution is 2.28. The lowest BCUT2D eigenvalue weighted by Gasteiger charge is -2.19. The maximum Gasteiger partial charge on any atom is 0.321 e. The molecule has 2 aliphatic heterocycles. The zero-order chi connectivity index (χ0) is 19.0. The summed E-state index contributed by atoms with van der Waals surface area (Å²) in [7, 11) is 2.14. The van der Waals surface area contributed by atoms with E-state index in [0.29, 0.717) is 11.6 Å². The Kier molecular flexibility index (Phi) is 5.06. The summed E-state index contributed by atoms with van der Waals surface area (Å²) in [5, 5.41) is 12.6. The van der Waals surface area contributed by atoms with Crippen LogP contribution in [-0.2, 0) is 13.0 Å². The van der Waals surface area contributed by atoms with E-state index in [9.17, 15) is 4.79 Å². The van der Waals surface area contributed by atoms with Crippen LogP contribution in [0.4, 0.5) is 10.5 Å². The van der Waals surface area contributed by atoms with E-state index in [1.165, 1.54) is 0 Å². The minimum absolute atomic E-state index is 0.0711. The van der Waals surface area contributed by atoms with E-state index in [1.807, 2.05) is 24.0 Å². The van der Waals surface area contributed by atoms with Crippen molar-refractivity contribution in [1.82, 2.24) is 24.6 Å². The highest BCUT2D eigenvalue weighted by molar-refractivity contribution is 6.30. The van der Waals surface area contributed by atoms with E-state index in [0.717, 1.165) is 61.9 Å². The van der Waals surface area contributed by atoms with Crippen molar-refractivity contribution >= 4 is 23.3 Å². The van der Waals surface area contributed by atoms with Crippen molar-refractivity contribution in [3.8, 4) is 0 Å². The number of carbonyl (C=O) groups is 1. The molecule has 144 valence electrons. The monoisotopic (exact) mass is 388 g/mol. The molecular weight excluding hydrogens is 364 g/mol. The lowest BCUT2D eigenvalue weighted by Crippen LogP contribution is -2.33. The highest BCUT2D eigenvalue weighted by Gasteiger charge is 2.32. The van der Waals surface area contributed by atoms with Crippen LogP contribution < -0.4 is 5.32 Å². The van der Waals surface area contributed by atoms with Crippen molar-refractivity contribution in [3.63, 3.8) is 0 Å². The number of anilines is 1. The van der Waals surface area contributed by atoms with Crippen LogP contribution in [0, 0.1) is 6.92 Å². The lowest BCUT2D eigenvalue weighted by atomic mass is 10.1. The topological polar surface area (TPSA) is 66.3 Å². The first-order chi connectivity index (χ1) is 13.0. The van der Waals surface area contributed by atoms with Crippen molar-refractivity contribution in [3.05, 3.63) is 40.4 Å². The van der Waals surface area contributed by atoms with Gasteiger partial charge in [0, 0.05) is 55.8 Å². The Balaban J connectivity index is 1.43. The zero-order valence-corrected chi connectivity index (χ0v) is 16.5. The third kappa shape index (κ3) is 3.80. The fourth-order valence-electron chi connectivity index (χ4n) is 3.87. The summed E-state index contributed by atoms with van der Waals surface area (Å²) in [6, 6.07) is 5.42. The molecule has 4 rings (SSSR count). The van der Waals surface area contributed by atoms with E-state index in [1.54, 1.807) is 6.07 Å². The van der Waals surface area contributed by atoms with Gasteiger partial charge in [-0.1, -0.05) is 11.6 Å². The molecule has 0 aliphatic carbocycles. The number of amides is 2. The summed E-state index contributed by atoms with van der Waals surface area (Å²) in [4.78, 5) is 16.9. The Bertz CT molecular complexity index is 851. The molecule has 27 heavy (non-hydrogen) atoms. The summed E-state index contributed by atoms with van der Waals surface area (Å²) < 4.78 is 2.26. The van der Waals surface area contributed by atoms with Gasteiger partial charge in [-0.2, -0.15) is 0 Å². The minimum Gasteiger partial charge on any atom is -0.324 e. The van der Waals surface area contributed by atoms with Crippen molar-refractivity contribution < 1.29 is 4.79 Å². The van der Waals surface area contributed by atoms with Gasteiger partial charge in [-0.15, -0.1) is 10.2 Å². The van der Waals surface area contributed by atoms with Gasteiger partial charge in [-0.3, -0.25) is 0 Å². The molecule has 1 aromatic carbocycles. The lowest BCUT2D eigenvalue weighted by molar-refractivity contribution is 0.222. The van der Waals surface area contributed by atoms with E-state index < -0.39 is 0 Å². The molecule has 0 saturated carbocycles. The number of carbonyl (C=O) groups excluding carboxylic acids is 1. The number of rotatable bonds is 2. The molecular formula is C19H25ClN6O. The predicted octanol–water partition coefficient (Wildman–Crippen LogP) is 2.75. The molecule has 7 nitrogen and oxygen atoms in total. The van der Waals surface area contributed by atoms with E-state index >= 15 is 0 Å². The Morgan fingerprint density at radius 3 is 2.89 bits per heavy atom. The molecule has 2 aliphatic rings. The van der Waals surface area contributed by atoms with Crippen LogP contribution >= 0.6 is 11.6 Å². The first kappa shape index (κ1) is 18.3. The first-order valence-electron chi connectivity index (χ1n) is 9.44. The molecule has 1 fully saturated rings. The van der Waals surface area contributed by atoms with Crippen LogP contribution in [0.5, 0.6) is 0 Å². The molecule has 0 spiro atoms. The molecule has 0 radical (unpaired) electrons. The standard InChI is InChI=1S/C19H25ClN6O/c1-13-11-15(20)3-4-16(13)21-19(27)25-8-5-14(12-25)18-23-22-17-6-7-24(2)9-10-26(17)18/h3-4,11,14H,5-10,12H2,1-2H3,(H,21,27)/t14-/m0/s1. The maximum absolute atomic E-state index is 12.7. The quantitative estimate of drug-likeness (QED) is 0.859. The number of nitrogens with one attached hydrogen (secondary N) is 1. The number of hydrogen-bond donors (Lipinski definition) is 1. The van der Waals surface area contributed by atoms with E-state index in [4.69, 9.17) is 11.6 Å². The Labute approximate surface area is 164 Å². The van der Waals surface area contributed by atoms with E-state index in [2.05, 4.69) is 32.0 Å². The smallest absolute Gasteiger partial charge is 0.321 e. The average molecular weight is 389 g/mol. The number of likely N-dealkylation sites (N-methyl/N-ethyl adjacent to an activating group) is 1. The molecule has 1 saturated heterocycles. The van der Waals surface area contributed by atoms with Crippen LogP contribution in [-0.4, -0.2) is 63.8 Å². The molecule has 2 amide bonds. The highest BCUT2D eigenvalue weighted by atomic mass is 35.5. The second-order valence-electron chi connectivity index (χ2n) is 7.50. The van der Waals surface area contributed by atoms with Crippen molar-refractivity contribution in [2.75, 3.05) is 38.5 Å². The molecule has 3 heterocycles. The molecule has 1 N–H and O–H groups in total. The molecule has 1 atom stereocenters. The van der Waals surface area contributed by atoms with Crippen LogP contribution in [0.1, 0.15) is 29.6 Å². The summed E-state index contributed by atoms with van der Waals surface area (Å²) in [5.74, 6) is 2.33. The van der Waals surface area contributed by atoms with E-state index in [-0.39, 0.29) is 11.9 Å². The van der Waals surface area contributed by atoms with Gasteiger partial charge in [0.25, 0.3) is 0 Å². The second-order valence-corrected chi connectivity index (χ2v) is 7.94. The third-order valence-corrected chi connectivity index (χ3v) is 5.78. The number of nitrogens with zero attached hydrogens (tertiary/aromatic N) is 5. The minimum atomic E-state index is -0.0711. The molecule has 0 unspecified atom stereocenters. The van der Waals surface area contributed by atoms with Gasteiger partial charge in [0.2, 0.25) is 0 Å². The number of aryl methyl sites for hydroxylation is 1. The molecule has 0 bridgehead atoms. The number of halogens is 1. The second kappa shape index (κ2) is 7.48. The van der Waals surface area contributed by atoms with Gasteiger partial charge < -0.3 is 19.7 Å². The van der Waals surface area contributed by atoms with Gasteiger partial charge in [-0.05, 0) is 44.2 Å². The van der Waals surface area contributed by atoms with Crippen LogP contribution in [0.3, 0.4) is 0 Å².